The van der Waals surface area contributed by atoms with Gasteiger partial charge in [-0.1, -0.05) is 44.0 Å². The molecule has 2 aromatic rings. The van der Waals surface area contributed by atoms with Gasteiger partial charge in [-0.3, -0.25) is 24.0 Å². The summed E-state index contributed by atoms with van der Waals surface area (Å²) in [6.07, 6.45) is -0.250. The number of hydrogen-bond acceptors (Lipinski definition) is 5. The lowest BCUT2D eigenvalue weighted by molar-refractivity contribution is -0.163. The van der Waals surface area contributed by atoms with Crippen LogP contribution < -0.4 is 0 Å². The van der Waals surface area contributed by atoms with Gasteiger partial charge < -0.3 is 10.0 Å². The highest BCUT2D eigenvalue weighted by Gasteiger charge is 2.56. The summed E-state index contributed by atoms with van der Waals surface area (Å²) >= 11 is 12.2. The monoisotopic (exact) mass is 588 g/mol. The van der Waals surface area contributed by atoms with Gasteiger partial charge in [0.25, 0.3) is 5.91 Å². The highest BCUT2D eigenvalue weighted by molar-refractivity contribution is 6.39. The summed E-state index contributed by atoms with van der Waals surface area (Å²) in [6, 6.07) is 0. The van der Waals surface area contributed by atoms with Gasteiger partial charge in [-0.15, -0.1) is 0 Å². The topological polar surface area (TPSA) is 105 Å². The average Bonchev–Trinajstić information content (AvgIpc) is 3.30. The third kappa shape index (κ3) is 5.52. The van der Waals surface area contributed by atoms with E-state index in [9.17, 15) is 32.7 Å². The summed E-state index contributed by atoms with van der Waals surface area (Å²) in [5.74, 6) is -2.57. The van der Waals surface area contributed by atoms with Crippen LogP contribution in [0.5, 0.6) is 0 Å². The largest absolute Gasteiger partial charge is 0.481 e. The first-order valence-corrected chi connectivity index (χ1v) is 13.3. The van der Waals surface area contributed by atoms with Crippen molar-refractivity contribution in [1.29, 1.82) is 0 Å². The Hall–Kier alpha value is -2.66. The van der Waals surface area contributed by atoms with Gasteiger partial charge in [-0.25, -0.2) is 0 Å². The number of fused-ring (bicyclic) bond motifs is 3. The third-order valence-electron chi connectivity index (χ3n) is 7.80. The molecule has 3 aliphatic rings. The van der Waals surface area contributed by atoms with Crippen LogP contribution in [-0.2, 0) is 16.5 Å². The number of ketones is 1. The standard InChI is InChI=1S/C26H29Cl2F3N4O4/c1-23(2,3)14-34(13-18(36)19-16(27)11-32-12-17(19)28)21(37)15-10-33-35(20(15)26(29,30)31)25-7-4-24(5-8-25,6-9-25)22(38)39/h10-12H,4-9,13-14H2,1-3H3,(H,38,39). The molecule has 0 saturated heterocycles. The normalized spacial score (nSPS) is 23.1. The first kappa shape index (κ1) is 29.3. The van der Waals surface area contributed by atoms with E-state index in [0.717, 1.165) is 15.8 Å². The number of hydrogen-bond donors (Lipinski definition) is 1. The number of rotatable bonds is 7. The predicted octanol–water partition coefficient (Wildman–Crippen LogP) is 6.11. The Morgan fingerprint density at radius 3 is 2.00 bits per heavy atom. The number of carboxylic acids is 1. The van der Waals surface area contributed by atoms with Crippen LogP contribution in [0.15, 0.2) is 18.6 Å². The molecule has 0 aromatic carbocycles. The van der Waals surface area contributed by atoms with Crippen LogP contribution in [0.1, 0.15) is 85.7 Å². The van der Waals surface area contributed by atoms with Gasteiger partial charge in [0.15, 0.2) is 11.5 Å². The Bertz CT molecular complexity index is 1270. The Morgan fingerprint density at radius 2 is 1.54 bits per heavy atom. The van der Waals surface area contributed by atoms with E-state index < -0.39 is 58.0 Å². The molecule has 2 aromatic heterocycles. The second-order valence-electron chi connectivity index (χ2n) is 11.7. The van der Waals surface area contributed by atoms with E-state index in [4.69, 9.17) is 23.2 Å². The summed E-state index contributed by atoms with van der Waals surface area (Å²) in [6.45, 7) is 4.77. The van der Waals surface area contributed by atoms with Gasteiger partial charge in [0.2, 0.25) is 0 Å². The maximum atomic E-state index is 14.6. The van der Waals surface area contributed by atoms with Crippen molar-refractivity contribution in [3.8, 4) is 0 Å². The molecule has 13 heteroatoms. The lowest BCUT2D eigenvalue weighted by atomic mass is 9.57. The SMILES string of the molecule is CC(C)(C)CN(CC(=O)c1c(Cl)cncc1Cl)C(=O)c1cnn(C23CCC(C(=O)O)(CC2)CC3)c1C(F)(F)F. The minimum atomic E-state index is -4.93. The molecular weight excluding hydrogens is 560 g/mol. The number of alkyl halides is 3. The molecule has 2 bridgehead atoms. The number of carboxylic acid groups (broad SMARTS) is 1. The van der Waals surface area contributed by atoms with Crippen LogP contribution in [0.3, 0.4) is 0 Å². The number of Topliss-reactive ketones (excluding diaryl/α,β-unsaturated/α-hetero) is 1. The van der Waals surface area contributed by atoms with Crippen LogP contribution >= 0.6 is 23.2 Å². The predicted molar refractivity (Wildman–Crippen MR) is 137 cm³/mol. The number of aromatic nitrogens is 3. The Kier molecular flexibility index (Phi) is 7.57. The van der Waals surface area contributed by atoms with Crippen LogP contribution in [0, 0.1) is 10.8 Å². The maximum Gasteiger partial charge on any atom is 0.433 e. The molecule has 3 saturated carbocycles. The van der Waals surface area contributed by atoms with Crippen molar-refractivity contribution < 1.29 is 32.7 Å². The van der Waals surface area contributed by atoms with Crippen LogP contribution in [0.25, 0.3) is 0 Å². The molecule has 1 amide bonds. The minimum Gasteiger partial charge on any atom is -0.481 e. The van der Waals surface area contributed by atoms with Gasteiger partial charge in [0, 0.05) is 18.9 Å². The summed E-state index contributed by atoms with van der Waals surface area (Å²) in [4.78, 5) is 43.6. The van der Waals surface area contributed by atoms with Crippen molar-refractivity contribution in [3.63, 3.8) is 0 Å². The zero-order valence-electron chi connectivity index (χ0n) is 21.7. The van der Waals surface area contributed by atoms with E-state index in [1.54, 1.807) is 20.8 Å². The number of carbonyl (C=O) groups is 3. The maximum absolute atomic E-state index is 14.6. The molecule has 3 aliphatic carbocycles. The molecule has 3 fully saturated rings. The molecular formula is C26H29Cl2F3N4O4. The van der Waals surface area contributed by atoms with E-state index in [-0.39, 0.29) is 60.7 Å². The van der Waals surface area contributed by atoms with Crippen molar-refractivity contribution in [2.45, 2.75) is 71.0 Å². The Labute approximate surface area is 233 Å². The summed E-state index contributed by atoms with van der Waals surface area (Å²) in [5, 5.41) is 13.7. The zero-order chi connectivity index (χ0) is 29.0. The third-order valence-corrected chi connectivity index (χ3v) is 8.37. The Balaban J connectivity index is 1.72. The van der Waals surface area contributed by atoms with E-state index >= 15 is 0 Å². The highest BCUT2D eigenvalue weighted by atomic mass is 35.5. The smallest absolute Gasteiger partial charge is 0.433 e. The highest BCUT2D eigenvalue weighted by Crippen LogP contribution is 2.56. The van der Waals surface area contributed by atoms with E-state index in [0.29, 0.717) is 0 Å². The number of nitrogens with zero attached hydrogens (tertiary/aromatic N) is 4. The lowest BCUT2D eigenvalue weighted by Gasteiger charge is -2.51. The van der Waals surface area contributed by atoms with Gasteiger partial charge in [-0.2, -0.15) is 18.3 Å². The average molecular weight is 589 g/mol. The van der Waals surface area contributed by atoms with Crippen molar-refractivity contribution in [2.24, 2.45) is 10.8 Å². The van der Waals surface area contributed by atoms with Gasteiger partial charge in [0.1, 0.15) is 0 Å². The van der Waals surface area contributed by atoms with Crippen LogP contribution in [-0.4, -0.2) is 55.5 Å². The van der Waals surface area contributed by atoms with Crippen molar-refractivity contribution in [2.75, 3.05) is 13.1 Å². The number of pyridine rings is 1. The first-order chi connectivity index (χ1) is 18.0. The quantitative estimate of drug-likeness (QED) is 0.391. The van der Waals surface area contributed by atoms with Crippen molar-refractivity contribution in [1.82, 2.24) is 19.7 Å². The number of carbonyl (C=O) groups excluding carboxylic acids is 2. The molecule has 0 spiro atoms. The molecule has 5 rings (SSSR count). The van der Waals surface area contributed by atoms with Gasteiger partial charge in [0.05, 0.1) is 44.9 Å². The molecule has 0 unspecified atom stereocenters. The van der Waals surface area contributed by atoms with Crippen LogP contribution in [0.2, 0.25) is 10.0 Å². The molecule has 2 heterocycles. The van der Waals surface area contributed by atoms with Gasteiger partial charge in [-0.05, 0) is 43.9 Å². The van der Waals surface area contributed by atoms with E-state index in [1.807, 2.05) is 0 Å². The second-order valence-corrected chi connectivity index (χ2v) is 12.6. The summed E-state index contributed by atoms with van der Waals surface area (Å²) in [7, 11) is 0. The fourth-order valence-electron chi connectivity index (χ4n) is 5.81. The molecule has 1 N–H and O–H groups in total. The number of halogens is 5. The molecule has 39 heavy (non-hydrogen) atoms. The summed E-state index contributed by atoms with van der Waals surface area (Å²) < 4.78 is 44.6. The fraction of sp³-hybridized carbons (Fsp3) is 0.577. The second kappa shape index (κ2) is 10.1. The molecule has 0 atom stereocenters. The Morgan fingerprint density at radius 1 is 1.00 bits per heavy atom. The van der Waals surface area contributed by atoms with E-state index in [2.05, 4.69) is 10.1 Å². The van der Waals surface area contributed by atoms with Gasteiger partial charge >= 0.3 is 12.1 Å². The molecule has 0 aliphatic heterocycles. The minimum absolute atomic E-state index is 0.0351. The lowest BCUT2D eigenvalue weighted by Crippen LogP contribution is -2.52. The molecule has 212 valence electrons. The van der Waals surface area contributed by atoms with E-state index in [1.165, 1.54) is 12.4 Å². The van der Waals surface area contributed by atoms with Crippen molar-refractivity contribution in [3.05, 3.63) is 45.5 Å². The number of aliphatic carboxylic acids is 1. The van der Waals surface area contributed by atoms with Crippen LogP contribution in [0.4, 0.5) is 13.2 Å². The fourth-order valence-corrected chi connectivity index (χ4v) is 6.39. The molecule has 8 nitrogen and oxygen atoms in total. The van der Waals surface area contributed by atoms with Crippen molar-refractivity contribution >= 4 is 40.9 Å². The summed E-state index contributed by atoms with van der Waals surface area (Å²) in [5.41, 5.74) is -4.46. The molecule has 0 radical (unpaired) electrons. The number of amides is 1. The first-order valence-electron chi connectivity index (χ1n) is 12.5. The zero-order valence-corrected chi connectivity index (χ0v) is 23.3.